The van der Waals surface area contributed by atoms with Crippen LogP contribution in [-0.4, -0.2) is 37.7 Å². The molecule has 1 fully saturated rings. The van der Waals surface area contributed by atoms with Crippen molar-refractivity contribution in [2.45, 2.75) is 37.8 Å². The fraction of sp³-hybridized carbons (Fsp3) is 0.357. The van der Waals surface area contributed by atoms with E-state index >= 15 is 0 Å². The van der Waals surface area contributed by atoms with Gasteiger partial charge in [0.15, 0.2) is 0 Å². The molecule has 3 nitrogen and oxygen atoms in total. The number of aryl methyl sites for hydroxylation is 1. The van der Waals surface area contributed by atoms with E-state index in [4.69, 9.17) is 21.1 Å². The average molecular weight is 450 g/mol. The molecule has 4 heteroatoms. The van der Waals surface area contributed by atoms with Crippen LogP contribution in [-0.2, 0) is 11.2 Å². The predicted octanol–water partition coefficient (Wildman–Crippen LogP) is 6.55. The van der Waals surface area contributed by atoms with Crippen molar-refractivity contribution in [2.24, 2.45) is 0 Å². The summed E-state index contributed by atoms with van der Waals surface area (Å²) in [6.45, 7) is 2.97. The smallest absolute Gasteiger partial charge is 0.122 e. The maximum atomic E-state index is 6.56. The monoisotopic (exact) mass is 449 g/mol. The second-order valence-electron chi connectivity index (χ2n) is 8.42. The Morgan fingerprint density at radius 3 is 2.44 bits per heavy atom. The van der Waals surface area contributed by atoms with Crippen LogP contribution in [0.4, 0.5) is 0 Å². The Hall–Kier alpha value is -2.33. The van der Waals surface area contributed by atoms with Crippen molar-refractivity contribution in [3.63, 3.8) is 0 Å². The molecule has 0 radical (unpaired) electrons. The van der Waals surface area contributed by atoms with Gasteiger partial charge in [0.1, 0.15) is 11.9 Å². The van der Waals surface area contributed by atoms with Crippen LogP contribution in [0.5, 0.6) is 5.75 Å². The van der Waals surface area contributed by atoms with E-state index in [9.17, 15) is 0 Å². The number of benzene rings is 3. The number of hydrogen-bond donors (Lipinski definition) is 0. The third kappa shape index (κ3) is 5.92. The lowest BCUT2D eigenvalue weighted by atomic mass is 10.0. The SMILES string of the molecule is COc1ccccc1CCCN1CCC[C@H]1COC(c1ccccc1)c1ccc(Cl)cc1. The zero-order valence-electron chi connectivity index (χ0n) is 18.8. The Balaban J connectivity index is 1.36. The molecule has 0 N–H and O–H groups in total. The summed E-state index contributed by atoms with van der Waals surface area (Å²) in [4.78, 5) is 2.60. The van der Waals surface area contributed by atoms with Crippen LogP contribution in [0.25, 0.3) is 0 Å². The molecule has 0 spiro atoms. The van der Waals surface area contributed by atoms with Crippen LogP contribution >= 0.6 is 11.6 Å². The first-order valence-electron chi connectivity index (χ1n) is 11.5. The van der Waals surface area contributed by atoms with E-state index < -0.39 is 0 Å². The molecule has 2 atom stereocenters. The Morgan fingerprint density at radius 2 is 1.66 bits per heavy atom. The van der Waals surface area contributed by atoms with Gasteiger partial charge in [-0.1, -0.05) is 72.3 Å². The summed E-state index contributed by atoms with van der Waals surface area (Å²) in [5.74, 6) is 0.988. The first-order valence-corrected chi connectivity index (χ1v) is 11.9. The summed E-state index contributed by atoms with van der Waals surface area (Å²) in [7, 11) is 1.75. The lowest BCUT2D eigenvalue weighted by Crippen LogP contribution is -2.34. The molecule has 0 bridgehead atoms. The zero-order chi connectivity index (χ0) is 22.2. The summed E-state index contributed by atoms with van der Waals surface area (Å²) in [5.41, 5.74) is 3.60. The third-order valence-electron chi connectivity index (χ3n) is 6.31. The van der Waals surface area contributed by atoms with Crippen molar-refractivity contribution in [2.75, 3.05) is 26.8 Å². The largest absolute Gasteiger partial charge is 0.496 e. The minimum absolute atomic E-state index is 0.0792. The maximum absolute atomic E-state index is 6.56. The van der Waals surface area contributed by atoms with E-state index in [-0.39, 0.29) is 6.10 Å². The highest BCUT2D eigenvalue weighted by molar-refractivity contribution is 6.30. The van der Waals surface area contributed by atoms with Crippen molar-refractivity contribution in [1.29, 1.82) is 0 Å². The number of rotatable bonds is 10. The highest BCUT2D eigenvalue weighted by atomic mass is 35.5. The molecule has 168 valence electrons. The molecular weight excluding hydrogens is 418 g/mol. The number of methoxy groups -OCH3 is 1. The lowest BCUT2D eigenvalue weighted by Gasteiger charge is -2.27. The number of ether oxygens (including phenoxy) is 2. The minimum Gasteiger partial charge on any atom is -0.496 e. The lowest BCUT2D eigenvalue weighted by molar-refractivity contribution is 0.0376. The number of para-hydroxylation sites is 1. The van der Waals surface area contributed by atoms with Crippen molar-refractivity contribution in [3.8, 4) is 5.75 Å². The van der Waals surface area contributed by atoms with Gasteiger partial charge < -0.3 is 9.47 Å². The van der Waals surface area contributed by atoms with Gasteiger partial charge in [-0.3, -0.25) is 4.90 Å². The minimum atomic E-state index is -0.0792. The molecule has 4 rings (SSSR count). The summed E-state index contributed by atoms with van der Waals surface area (Å²) in [5, 5.41) is 0.748. The second kappa shape index (κ2) is 11.5. The molecule has 1 aliphatic rings. The second-order valence-corrected chi connectivity index (χ2v) is 8.86. The first-order chi connectivity index (χ1) is 15.7. The quantitative estimate of drug-likeness (QED) is 0.350. The Labute approximate surface area is 196 Å². The Kier molecular flexibility index (Phi) is 8.22. The van der Waals surface area contributed by atoms with Gasteiger partial charge in [-0.2, -0.15) is 0 Å². The molecule has 1 heterocycles. The van der Waals surface area contributed by atoms with Crippen LogP contribution < -0.4 is 4.74 Å². The van der Waals surface area contributed by atoms with E-state index in [1.165, 1.54) is 24.0 Å². The number of nitrogens with zero attached hydrogens (tertiary/aromatic N) is 1. The van der Waals surface area contributed by atoms with Gasteiger partial charge in [0.25, 0.3) is 0 Å². The topological polar surface area (TPSA) is 21.7 Å². The fourth-order valence-electron chi connectivity index (χ4n) is 4.62. The zero-order valence-corrected chi connectivity index (χ0v) is 19.5. The molecule has 1 unspecified atom stereocenters. The van der Waals surface area contributed by atoms with Crippen LogP contribution in [0.3, 0.4) is 0 Å². The summed E-state index contributed by atoms with van der Waals surface area (Å²) < 4.78 is 12.1. The molecule has 0 aliphatic carbocycles. The first kappa shape index (κ1) is 22.8. The van der Waals surface area contributed by atoms with Crippen molar-refractivity contribution in [3.05, 3.63) is 101 Å². The Morgan fingerprint density at radius 1 is 0.938 bits per heavy atom. The van der Waals surface area contributed by atoms with Crippen LogP contribution in [0.1, 0.15) is 42.1 Å². The summed E-state index contributed by atoms with van der Waals surface area (Å²) in [6, 6.07) is 27.3. The molecular formula is C28H32ClNO2. The van der Waals surface area contributed by atoms with Crippen molar-refractivity contribution in [1.82, 2.24) is 4.90 Å². The highest BCUT2D eigenvalue weighted by Gasteiger charge is 2.26. The predicted molar refractivity (Wildman–Crippen MR) is 132 cm³/mol. The maximum Gasteiger partial charge on any atom is 0.122 e. The van der Waals surface area contributed by atoms with E-state index in [0.29, 0.717) is 6.04 Å². The summed E-state index contributed by atoms with van der Waals surface area (Å²) >= 11 is 6.12. The van der Waals surface area contributed by atoms with Gasteiger partial charge in [-0.15, -0.1) is 0 Å². The normalized spacial score (nSPS) is 17.4. The molecule has 1 saturated heterocycles. The van der Waals surface area contributed by atoms with E-state index in [1.807, 2.05) is 30.3 Å². The molecule has 0 saturated carbocycles. The van der Waals surface area contributed by atoms with Gasteiger partial charge in [0, 0.05) is 11.1 Å². The van der Waals surface area contributed by atoms with Gasteiger partial charge in [-0.25, -0.2) is 0 Å². The fourth-order valence-corrected chi connectivity index (χ4v) is 4.74. The van der Waals surface area contributed by atoms with Gasteiger partial charge >= 0.3 is 0 Å². The van der Waals surface area contributed by atoms with Crippen molar-refractivity contribution >= 4 is 11.6 Å². The number of halogens is 1. The van der Waals surface area contributed by atoms with E-state index in [1.54, 1.807) is 7.11 Å². The van der Waals surface area contributed by atoms with Gasteiger partial charge in [-0.05, 0) is 73.7 Å². The van der Waals surface area contributed by atoms with Crippen molar-refractivity contribution < 1.29 is 9.47 Å². The number of likely N-dealkylation sites (tertiary alicyclic amines) is 1. The van der Waals surface area contributed by atoms with Crippen LogP contribution in [0.2, 0.25) is 5.02 Å². The van der Waals surface area contributed by atoms with Crippen LogP contribution in [0.15, 0.2) is 78.9 Å². The molecule has 3 aromatic carbocycles. The molecule has 32 heavy (non-hydrogen) atoms. The van der Waals surface area contributed by atoms with Crippen LogP contribution in [0, 0.1) is 0 Å². The summed E-state index contributed by atoms with van der Waals surface area (Å²) in [6.07, 6.45) is 4.50. The Bertz CT molecular complexity index is 961. The van der Waals surface area contributed by atoms with Gasteiger partial charge in [0.05, 0.1) is 13.7 Å². The standard InChI is InChI=1S/C28H32ClNO2/c1-31-27-14-6-5-9-22(27)12-7-19-30-20-8-13-26(30)21-32-28(23-10-3-2-4-11-23)24-15-17-25(29)18-16-24/h2-6,9-11,14-18,26,28H,7-8,12-13,19-21H2,1H3/t26-,28?/m0/s1. The molecule has 1 aliphatic heterocycles. The van der Waals surface area contributed by atoms with Gasteiger partial charge in [0.2, 0.25) is 0 Å². The molecule has 3 aromatic rings. The van der Waals surface area contributed by atoms with E-state index in [0.717, 1.165) is 48.9 Å². The average Bonchev–Trinajstić information content (AvgIpc) is 3.28. The number of hydrogen-bond acceptors (Lipinski definition) is 3. The highest BCUT2D eigenvalue weighted by Crippen LogP contribution is 2.29. The van der Waals surface area contributed by atoms with E-state index in [2.05, 4.69) is 53.4 Å². The third-order valence-corrected chi connectivity index (χ3v) is 6.57. The molecule has 0 amide bonds. The molecule has 0 aromatic heterocycles.